The second kappa shape index (κ2) is 17.9. The zero-order valence-electron chi connectivity index (χ0n) is 24.1. The third-order valence-corrected chi connectivity index (χ3v) is 8.68. The van der Waals surface area contributed by atoms with Crippen molar-refractivity contribution in [3.05, 3.63) is 157 Å². The van der Waals surface area contributed by atoms with Gasteiger partial charge in [0.2, 0.25) is 0 Å². The molecule has 0 fully saturated rings. The Morgan fingerprint density at radius 3 is 1.42 bits per heavy atom. The van der Waals surface area contributed by atoms with E-state index in [1.54, 1.807) is 22.3 Å². The van der Waals surface area contributed by atoms with Crippen molar-refractivity contribution in [3.63, 3.8) is 0 Å². The average Bonchev–Trinajstić information content (AvgIpc) is 3.21. The molecule has 0 saturated heterocycles. The van der Waals surface area contributed by atoms with Crippen LogP contribution in [-0.4, -0.2) is 9.52 Å². The van der Waals surface area contributed by atoms with E-state index < -0.39 is 0 Å². The molecule has 0 unspecified atom stereocenters. The van der Waals surface area contributed by atoms with Crippen LogP contribution in [0.3, 0.4) is 0 Å². The maximum atomic E-state index is 3.72. The van der Waals surface area contributed by atoms with Crippen LogP contribution in [0.15, 0.2) is 97.1 Å². The van der Waals surface area contributed by atoms with E-state index in [0.717, 1.165) is 16.7 Å². The predicted molar refractivity (Wildman–Crippen MR) is 168 cm³/mol. The van der Waals surface area contributed by atoms with Gasteiger partial charge in [-0.25, -0.2) is 0 Å². The Kier molecular flexibility index (Phi) is 15.9. The fraction of sp³-hybridized carbons (Fsp3) is 0.278. The molecule has 0 saturated carbocycles. The molecule has 0 aromatic heterocycles. The van der Waals surface area contributed by atoms with Crippen molar-refractivity contribution in [1.29, 1.82) is 0 Å². The van der Waals surface area contributed by atoms with E-state index in [9.17, 15) is 0 Å². The van der Waals surface area contributed by atoms with Gasteiger partial charge in [0, 0.05) is 9.52 Å². The van der Waals surface area contributed by atoms with Gasteiger partial charge in [-0.2, -0.15) is 102 Å². The smallest absolute Gasteiger partial charge is 0.199 e. The Balaban J connectivity index is 0.000000276. The molecule has 0 nitrogen and oxygen atoms in total. The molecule has 0 amide bonds. The monoisotopic (exact) mass is 554 g/mol. The number of fused-ring (bicyclic) bond motifs is 1. The second-order valence-corrected chi connectivity index (χ2v) is 14.2. The molecule has 5 rings (SSSR count). The topological polar surface area (TPSA) is 0 Å². The number of rotatable bonds is 2. The first-order valence-corrected chi connectivity index (χ1v) is 15.2. The van der Waals surface area contributed by atoms with Gasteiger partial charge in [-0.15, -0.1) is 36.4 Å². The van der Waals surface area contributed by atoms with E-state index in [1.165, 1.54) is 31.7 Å². The van der Waals surface area contributed by atoms with Crippen molar-refractivity contribution >= 4 is 9.52 Å². The van der Waals surface area contributed by atoms with E-state index in [0.29, 0.717) is 5.04 Å². The van der Waals surface area contributed by atoms with E-state index >= 15 is 0 Å². The molecule has 198 valence electrons. The van der Waals surface area contributed by atoms with Gasteiger partial charge in [-0.1, -0.05) is 77.6 Å². The van der Waals surface area contributed by atoms with Crippen LogP contribution in [0.2, 0.25) is 5.04 Å². The summed E-state index contributed by atoms with van der Waals surface area (Å²) in [6.07, 6.45) is 5.53. The fourth-order valence-electron chi connectivity index (χ4n) is 4.30. The van der Waals surface area contributed by atoms with Gasteiger partial charge in [0.05, 0.1) is 0 Å². The van der Waals surface area contributed by atoms with Gasteiger partial charge in [0.25, 0.3) is 0 Å². The van der Waals surface area contributed by atoms with Crippen LogP contribution >= 0.6 is 0 Å². The van der Waals surface area contributed by atoms with E-state index in [4.69, 9.17) is 0 Å². The minimum atomic E-state index is 0. The standard InChI is InChI=1S/C15H25Si.3C7H7.Ti/c1-11-9-12(10-16-15(2,3)4)14-8-6-5-7-13(11)14;3*1-7-5-3-2-4-6-7;/h9H,5-8,10,16H2,1-4H3;3*2-6H,1H2;/q4*-1;+4. The van der Waals surface area contributed by atoms with Crippen LogP contribution in [0.25, 0.3) is 0 Å². The van der Waals surface area contributed by atoms with Gasteiger partial charge >= 0.3 is 21.7 Å². The Morgan fingerprint density at radius 2 is 1.08 bits per heavy atom. The summed E-state index contributed by atoms with van der Waals surface area (Å²) in [5.74, 6) is 0. The molecule has 0 N–H and O–H groups in total. The molecule has 2 heteroatoms. The van der Waals surface area contributed by atoms with Crippen LogP contribution in [-0.2, 0) is 40.6 Å². The molecule has 0 radical (unpaired) electrons. The summed E-state index contributed by atoms with van der Waals surface area (Å²) < 4.78 is 0. The first-order valence-electron chi connectivity index (χ1n) is 13.5. The minimum Gasteiger partial charge on any atom is -0.199 e. The van der Waals surface area contributed by atoms with E-state index in [-0.39, 0.29) is 31.2 Å². The molecular formula is C36H46SiTi. The first kappa shape index (κ1) is 33.6. The normalized spacial score (nSPS) is 11.9. The quantitative estimate of drug-likeness (QED) is 0.171. The van der Waals surface area contributed by atoms with Crippen LogP contribution in [0.4, 0.5) is 0 Å². The third-order valence-electron chi connectivity index (χ3n) is 6.40. The third kappa shape index (κ3) is 13.9. The second-order valence-electron chi connectivity index (χ2n) is 11.0. The molecule has 4 aromatic carbocycles. The fourth-order valence-corrected chi connectivity index (χ4v) is 5.76. The molecule has 38 heavy (non-hydrogen) atoms. The van der Waals surface area contributed by atoms with Crippen LogP contribution in [0, 0.1) is 27.7 Å². The van der Waals surface area contributed by atoms with Crippen LogP contribution < -0.4 is 0 Å². The molecule has 1 aliphatic carbocycles. The van der Waals surface area contributed by atoms with Gasteiger partial charge in [-0.3, -0.25) is 0 Å². The maximum Gasteiger partial charge on any atom is 4.00 e. The number of hydrogen-bond donors (Lipinski definition) is 0. The van der Waals surface area contributed by atoms with Crippen molar-refractivity contribution in [2.45, 2.75) is 64.5 Å². The zero-order valence-corrected chi connectivity index (χ0v) is 27.1. The SMILES string of the molecule is Cc1c[c-](C[SiH2]C(C)(C)C)c2c1CCCC2.[CH2-]c1ccccc1.[CH2-]c1ccccc1.[CH2-]c1ccccc1.[Ti+4]. The van der Waals surface area contributed by atoms with Crippen molar-refractivity contribution in [2.24, 2.45) is 0 Å². The molecule has 1 aliphatic rings. The summed E-state index contributed by atoms with van der Waals surface area (Å²) in [5, 5.41) is 0.604. The zero-order chi connectivity index (χ0) is 27.1. The summed E-state index contributed by atoms with van der Waals surface area (Å²) in [7, 11) is 0.0344. The summed E-state index contributed by atoms with van der Waals surface area (Å²) in [6.45, 7) is 20.7. The van der Waals surface area contributed by atoms with Gasteiger partial charge in [0.15, 0.2) is 0 Å². The van der Waals surface area contributed by atoms with Crippen LogP contribution in [0.1, 0.15) is 72.6 Å². The minimum absolute atomic E-state index is 0. The number of benzene rings is 3. The largest absolute Gasteiger partial charge is 4.00 e. The van der Waals surface area contributed by atoms with Crippen molar-refractivity contribution in [3.8, 4) is 0 Å². The number of hydrogen-bond acceptors (Lipinski definition) is 0. The summed E-state index contributed by atoms with van der Waals surface area (Å²) in [6, 6.07) is 33.5. The van der Waals surface area contributed by atoms with Crippen molar-refractivity contribution in [1.82, 2.24) is 0 Å². The van der Waals surface area contributed by atoms with Gasteiger partial charge in [0.1, 0.15) is 0 Å². The van der Waals surface area contributed by atoms with Crippen molar-refractivity contribution in [2.75, 3.05) is 0 Å². The van der Waals surface area contributed by atoms with Crippen LogP contribution in [0.5, 0.6) is 0 Å². The molecule has 0 aliphatic heterocycles. The van der Waals surface area contributed by atoms with Gasteiger partial charge < -0.3 is 0 Å². The Labute approximate surface area is 251 Å². The molecule has 0 heterocycles. The number of aryl methyl sites for hydroxylation is 1. The van der Waals surface area contributed by atoms with E-state index in [1.807, 2.05) is 91.0 Å². The average molecular weight is 555 g/mol. The summed E-state index contributed by atoms with van der Waals surface area (Å²) in [4.78, 5) is 0. The summed E-state index contributed by atoms with van der Waals surface area (Å²) >= 11 is 0. The first-order chi connectivity index (χ1) is 17.7. The molecule has 0 spiro atoms. The van der Waals surface area contributed by atoms with Gasteiger partial charge in [-0.05, 0) is 5.04 Å². The Bertz CT molecular complexity index is 1030. The van der Waals surface area contributed by atoms with Crippen molar-refractivity contribution < 1.29 is 21.7 Å². The molecular weight excluding hydrogens is 508 g/mol. The predicted octanol–water partition coefficient (Wildman–Crippen LogP) is 9.08. The Morgan fingerprint density at radius 1 is 0.684 bits per heavy atom. The molecule has 0 atom stereocenters. The molecule has 0 bridgehead atoms. The Hall–Kier alpha value is -2.45. The molecule has 4 aromatic rings. The summed E-state index contributed by atoms with van der Waals surface area (Å²) in [5.41, 5.74) is 9.97. The van der Waals surface area contributed by atoms with E-state index in [2.05, 4.69) is 54.5 Å². The maximum absolute atomic E-state index is 3.72.